The highest BCUT2D eigenvalue weighted by Gasteiger charge is 2.23. The summed E-state index contributed by atoms with van der Waals surface area (Å²) in [7, 11) is 0. The van der Waals surface area contributed by atoms with Gasteiger partial charge in [0.15, 0.2) is 0 Å². The number of hydrogen-bond acceptors (Lipinski definition) is 4. The van der Waals surface area contributed by atoms with E-state index in [-0.39, 0.29) is 5.92 Å². The van der Waals surface area contributed by atoms with Gasteiger partial charge in [-0.25, -0.2) is 4.79 Å². The Balaban J connectivity index is 2.90. The van der Waals surface area contributed by atoms with Gasteiger partial charge in [-0.3, -0.25) is 0 Å². The van der Waals surface area contributed by atoms with Crippen molar-refractivity contribution in [3.8, 4) is 0 Å². The Morgan fingerprint density at radius 2 is 2.12 bits per heavy atom. The van der Waals surface area contributed by atoms with Crippen LogP contribution in [0, 0.1) is 5.92 Å². The zero-order chi connectivity index (χ0) is 13.0. The fraction of sp³-hybridized carbons (Fsp3) is 0.417. The molecule has 0 aliphatic rings. The second kappa shape index (κ2) is 5.43. The highest BCUT2D eigenvalue weighted by molar-refractivity contribution is 5.81. The molecule has 5 nitrogen and oxygen atoms in total. The summed E-state index contributed by atoms with van der Waals surface area (Å²) in [6.07, 6.45) is 0.777. The molecule has 0 fully saturated rings. The second-order valence-electron chi connectivity index (χ2n) is 4.19. The van der Waals surface area contributed by atoms with E-state index >= 15 is 0 Å². The Kier molecular flexibility index (Phi) is 4.20. The Hall–Kier alpha value is -1.91. The minimum Gasteiger partial charge on any atom is -0.480 e. The standard InChI is InChI=1S/C12H19N3O2/c1-3-7(2)11(12(16)17)15-10-5-4-8(13)6-9(10)14/h4-7,11,15H,3,13-14H2,1-2H3,(H,16,17)/t7-,11-/m1/s1. The van der Waals surface area contributed by atoms with Crippen LogP contribution in [0.3, 0.4) is 0 Å². The molecule has 0 bridgehead atoms. The van der Waals surface area contributed by atoms with E-state index in [0.717, 1.165) is 6.42 Å². The maximum Gasteiger partial charge on any atom is 0.326 e. The quantitative estimate of drug-likeness (QED) is 0.584. The minimum absolute atomic E-state index is 0.0180. The van der Waals surface area contributed by atoms with Crippen molar-refractivity contribution in [1.29, 1.82) is 0 Å². The molecule has 0 saturated carbocycles. The average molecular weight is 237 g/mol. The molecule has 0 heterocycles. The molecule has 1 aromatic rings. The summed E-state index contributed by atoms with van der Waals surface area (Å²) in [5.74, 6) is -0.861. The van der Waals surface area contributed by atoms with E-state index < -0.39 is 12.0 Å². The first-order chi connectivity index (χ1) is 7.95. The van der Waals surface area contributed by atoms with Crippen molar-refractivity contribution in [2.24, 2.45) is 5.92 Å². The van der Waals surface area contributed by atoms with Gasteiger partial charge in [0, 0.05) is 5.69 Å². The van der Waals surface area contributed by atoms with Crippen LogP contribution in [0.15, 0.2) is 18.2 Å². The van der Waals surface area contributed by atoms with Crippen molar-refractivity contribution >= 4 is 23.0 Å². The van der Waals surface area contributed by atoms with E-state index in [1.165, 1.54) is 0 Å². The Morgan fingerprint density at radius 3 is 2.59 bits per heavy atom. The summed E-state index contributed by atoms with van der Waals surface area (Å²) in [5.41, 5.74) is 13.0. The molecule has 94 valence electrons. The first kappa shape index (κ1) is 13.2. The number of rotatable bonds is 5. The molecule has 1 aromatic carbocycles. The lowest BCUT2D eigenvalue weighted by Gasteiger charge is -2.22. The van der Waals surface area contributed by atoms with E-state index in [9.17, 15) is 4.79 Å². The molecular weight excluding hydrogens is 218 g/mol. The summed E-state index contributed by atoms with van der Waals surface area (Å²) in [6.45, 7) is 3.84. The number of aliphatic carboxylic acids is 1. The first-order valence-corrected chi connectivity index (χ1v) is 5.60. The topological polar surface area (TPSA) is 101 Å². The third kappa shape index (κ3) is 3.27. The maximum absolute atomic E-state index is 11.2. The van der Waals surface area contributed by atoms with Gasteiger partial charge in [0.25, 0.3) is 0 Å². The zero-order valence-electron chi connectivity index (χ0n) is 10.1. The van der Waals surface area contributed by atoms with Gasteiger partial charge in [-0.1, -0.05) is 20.3 Å². The van der Waals surface area contributed by atoms with Gasteiger partial charge in [-0.15, -0.1) is 0 Å². The van der Waals surface area contributed by atoms with Crippen LogP contribution >= 0.6 is 0 Å². The summed E-state index contributed by atoms with van der Waals surface area (Å²) in [6, 6.07) is 4.35. The molecule has 0 radical (unpaired) electrons. The second-order valence-corrected chi connectivity index (χ2v) is 4.19. The number of carboxylic acid groups (broad SMARTS) is 1. The van der Waals surface area contributed by atoms with E-state index in [1.54, 1.807) is 18.2 Å². The third-order valence-corrected chi connectivity index (χ3v) is 2.87. The van der Waals surface area contributed by atoms with Crippen LogP contribution < -0.4 is 16.8 Å². The van der Waals surface area contributed by atoms with Gasteiger partial charge in [-0.2, -0.15) is 0 Å². The van der Waals surface area contributed by atoms with Crippen LogP contribution in [-0.4, -0.2) is 17.1 Å². The van der Waals surface area contributed by atoms with E-state index in [0.29, 0.717) is 17.1 Å². The van der Waals surface area contributed by atoms with Crippen molar-refractivity contribution < 1.29 is 9.90 Å². The van der Waals surface area contributed by atoms with Gasteiger partial charge < -0.3 is 21.9 Å². The van der Waals surface area contributed by atoms with Crippen molar-refractivity contribution in [2.45, 2.75) is 26.3 Å². The van der Waals surface area contributed by atoms with E-state index in [1.807, 2.05) is 13.8 Å². The Morgan fingerprint density at radius 1 is 1.47 bits per heavy atom. The molecule has 0 saturated heterocycles. The lowest BCUT2D eigenvalue weighted by molar-refractivity contribution is -0.139. The highest BCUT2D eigenvalue weighted by atomic mass is 16.4. The lowest BCUT2D eigenvalue weighted by Crippen LogP contribution is -2.35. The molecule has 6 N–H and O–H groups in total. The fourth-order valence-electron chi connectivity index (χ4n) is 1.56. The van der Waals surface area contributed by atoms with Crippen molar-refractivity contribution in [3.63, 3.8) is 0 Å². The maximum atomic E-state index is 11.2. The molecule has 0 aliphatic carbocycles. The molecule has 5 heteroatoms. The molecule has 0 aromatic heterocycles. The molecule has 2 atom stereocenters. The zero-order valence-corrected chi connectivity index (χ0v) is 10.1. The van der Waals surface area contributed by atoms with Crippen LogP contribution in [0.5, 0.6) is 0 Å². The van der Waals surface area contributed by atoms with Crippen molar-refractivity contribution in [1.82, 2.24) is 0 Å². The van der Waals surface area contributed by atoms with Gasteiger partial charge in [0.1, 0.15) is 6.04 Å². The lowest BCUT2D eigenvalue weighted by atomic mass is 9.99. The Bertz CT molecular complexity index is 407. The number of benzene rings is 1. The van der Waals surface area contributed by atoms with Gasteiger partial charge >= 0.3 is 5.97 Å². The van der Waals surface area contributed by atoms with Crippen molar-refractivity contribution in [2.75, 3.05) is 16.8 Å². The number of carbonyl (C=O) groups is 1. The summed E-state index contributed by atoms with van der Waals surface area (Å²) in [4.78, 5) is 11.2. The summed E-state index contributed by atoms with van der Waals surface area (Å²) >= 11 is 0. The molecule has 0 amide bonds. The predicted octanol–water partition coefficient (Wildman–Crippen LogP) is 1.76. The smallest absolute Gasteiger partial charge is 0.326 e. The molecule has 0 spiro atoms. The first-order valence-electron chi connectivity index (χ1n) is 5.60. The van der Waals surface area contributed by atoms with Crippen LogP contribution in [0.4, 0.5) is 17.1 Å². The van der Waals surface area contributed by atoms with Crippen LogP contribution in [0.1, 0.15) is 20.3 Å². The number of nitrogens with one attached hydrogen (secondary N) is 1. The number of nitrogen functional groups attached to an aromatic ring is 2. The number of nitrogens with two attached hydrogens (primary N) is 2. The molecule has 17 heavy (non-hydrogen) atoms. The molecular formula is C12H19N3O2. The largest absolute Gasteiger partial charge is 0.480 e. The fourth-order valence-corrected chi connectivity index (χ4v) is 1.56. The summed E-state index contributed by atoms with van der Waals surface area (Å²) in [5, 5.41) is 12.1. The van der Waals surface area contributed by atoms with Crippen LogP contribution in [-0.2, 0) is 4.79 Å². The highest BCUT2D eigenvalue weighted by Crippen LogP contribution is 2.23. The number of hydrogen-bond donors (Lipinski definition) is 4. The minimum atomic E-state index is -0.879. The number of carboxylic acids is 1. The average Bonchev–Trinajstić information content (AvgIpc) is 2.26. The predicted molar refractivity (Wildman–Crippen MR) is 69.8 cm³/mol. The van der Waals surface area contributed by atoms with Gasteiger partial charge in [-0.05, 0) is 24.1 Å². The van der Waals surface area contributed by atoms with E-state index in [2.05, 4.69) is 5.32 Å². The monoisotopic (exact) mass is 237 g/mol. The van der Waals surface area contributed by atoms with Gasteiger partial charge in [0.05, 0.1) is 11.4 Å². The SMILES string of the molecule is CC[C@@H](C)[C@@H](Nc1ccc(N)cc1N)C(=O)O. The molecule has 0 aliphatic heterocycles. The van der Waals surface area contributed by atoms with Crippen LogP contribution in [0.2, 0.25) is 0 Å². The van der Waals surface area contributed by atoms with Crippen molar-refractivity contribution in [3.05, 3.63) is 18.2 Å². The third-order valence-electron chi connectivity index (χ3n) is 2.87. The Labute approximate surface area is 101 Å². The normalized spacial score (nSPS) is 14.0. The molecule has 1 rings (SSSR count). The van der Waals surface area contributed by atoms with Crippen LogP contribution in [0.25, 0.3) is 0 Å². The molecule has 0 unspecified atom stereocenters. The summed E-state index contributed by atoms with van der Waals surface area (Å²) < 4.78 is 0. The van der Waals surface area contributed by atoms with E-state index in [4.69, 9.17) is 16.6 Å². The number of anilines is 3. The van der Waals surface area contributed by atoms with Gasteiger partial charge in [0.2, 0.25) is 0 Å².